The molecule has 1 aromatic heterocycles. The van der Waals surface area contributed by atoms with Crippen LogP contribution in [0, 0.1) is 12.8 Å². The van der Waals surface area contributed by atoms with Crippen molar-refractivity contribution in [3.8, 4) is 11.1 Å². The number of carbonyl (C=O) groups excluding carboxylic acids is 2. The topological polar surface area (TPSA) is 75.2 Å². The Labute approximate surface area is 175 Å². The van der Waals surface area contributed by atoms with Crippen molar-refractivity contribution in [1.82, 2.24) is 15.1 Å². The van der Waals surface area contributed by atoms with Gasteiger partial charge in [0.25, 0.3) is 5.91 Å². The molecule has 2 aromatic carbocycles. The number of carbonyl (C=O) groups is 2. The van der Waals surface area contributed by atoms with Crippen molar-refractivity contribution in [1.29, 1.82) is 0 Å². The maximum Gasteiger partial charge on any atom is 0.255 e. The SMILES string of the molecule is Cc1cccc(-c2ccc(NC(=O)C3CCN(C(=O)c4ccnnc4)CC3)cc2)c1. The summed E-state index contributed by atoms with van der Waals surface area (Å²) in [5.74, 6) is -0.146. The molecule has 0 bridgehead atoms. The van der Waals surface area contributed by atoms with Gasteiger partial charge >= 0.3 is 0 Å². The first-order valence-electron chi connectivity index (χ1n) is 10.1. The van der Waals surface area contributed by atoms with Crippen LogP contribution in [0.3, 0.4) is 0 Å². The van der Waals surface area contributed by atoms with Gasteiger partial charge < -0.3 is 10.2 Å². The lowest BCUT2D eigenvalue weighted by molar-refractivity contribution is -0.121. The third kappa shape index (κ3) is 4.54. The Kier molecular flexibility index (Phi) is 5.84. The number of aryl methyl sites for hydroxylation is 1. The van der Waals surface area contributed by atoms with Gasteiger partial charge in [-0.1, -0.05) is 42.0 Å². The molecule has 0 atom stereocenters. The van der Waals surface area contributed by atoms with Crippen LogP contribution in [0.25, 0.3) is 11.1 Å². The predicted molar refractivity (Wildman–Crippen MR) is 116 cm³/mol. The number of likely N-dealkylation sites (tertiary alicyclic amines) is 1. The highest BCUT2D eigenvalue weighted by atomic mass is 16.2. The van der Waals surface area contributed by atoms with Crippen LogP contribution in [0.15, 0.2) is 67.0 Å². The molecule has 2 heterocycles. The van der Waals surface area contributed by atoms with E-state index in [1.807, 2.05) is 30.3 Å². The van der Waals surface area contributed by atoms with E-state index in [1.165, 1.54) is 18.0 Å². The summed E-state index contributed by atoms with van der Waals surface area (Å²) >= 11 is 0. The van der Waals surface area contributed by atoms with Gasteiger partial charge in [-0.15, -0.1) is 0 Å². The van der Waals surface area contributed by atoms with Gasteiger partial charge in [-0.25, -0.2) is 0 Å². The highest BCUT2D eigenvalue weighted by molar-refractivity contribution is 5.95. The Balaban J connectivity index is 1.32. The molecule has 0 spiro atoms. The maximum absolute atomic E-state index is 12.7. The molecule has 1 fully saturated rings. The molecule has 0 radical (unpaired) electrons. The summed E-state index contributed by atoms with van der Waals surface area (Å²) in [4.78, 5) is 27.0. The Morgan fingerprint density at radius 1 is 0.967 bits per heavy atom. The lowest BCUT2D eigenvalue weighted by Crippen LogP contribution is -2.41. The number of rotatable bonds is 4. The molecular formula is C24H24N4O2. The molecule has 0 unspecified atom stereocenters. The zero-order valence-electron chi connectivity index (χ0n) is 16.9. The summed E-state index contributed by atoms with van der Waals surface area (Å²) in [6.07, 6.45) is 4.29. The number of hydrogen-bond donors (Lipinski definition) is 1. The third-order valence-corrected chi connectivity index (χ3v) is 5.49. The van der Waals surface area contributed by atoms with Gasteiger partial charge in [-0.05, 0) is 49.1 Å². The first-order valence-corrected chi connectivity index (χ1v) is 10.1. The third-order valence-electron chi connectivity index (χ3n) is 5.49. The smallest absolute Gasteiger partial charge is 0.255 e. The summed E-state index contributed by atoms with van der Waals surface area (Å²) in [5, 5.41) is 10.5. The fourth-order valence-corrected chi connectivity index (χ4v) is 3.76. The lowest BCUT2D eigenvalue weighted by atomic mass is 9.95. The minimum Gasteiger partial charge on any atom is -0.339 e. The summed E-state index contributed by atoms with van der Waals surface area (Å²) in [6.45, 7) is 3.20. The second kappa shape index (κ2) is 8.86. The predicted octanol–water partition coefficient (Wildman–Crippen LogP) is 3.94. The molecule has 1 aliphatic rings. The fraction of sp³-hybridized carbons (Fsp3) is 0.250. The zero-order chi connectivity index (χ0) is 20.9. The Bertz CT molecular complexity index is 1030. The van der Waals surface area contributed by atoms with Gasteiger partial charge in [0.2, 0.25) is 5.91 Å². The first-order chi connectivity index (χ1) is 14.6. The van der Waals surface area contributed by atoms with E-state index in [0.717, 1.165) is 16.8 Å². The fourth-order valence-electron chi connectivity index (χ4n) is 3.76. The average Bonchev–Trinajstić information content (AvgIpc) is 2.80. The number of nitrogens with one attached hydrogen (secondary N) is 1. The summed E-state index contributed by atoms with van der Waals surface area (Å²) < 4.78 is 0. The van der Waals surface area contributed by atoms with E-state index < -0.39 is 0 Å². The van der Waals surface area contributed by atoms with E-state index in [-0.39, 0.29) is 17.7 Å². The first kappa shape index (κ1) is 19.8. The zero-order valence-corrected chi connectivity index (χ0v) is 16.9. The minimum atomic E-state index is -0.0962. The second-order valence-electron chi connectivity index (χ2n) is 7.63. The van der Waals surface area contributed by atoms with Crippen molar-refractivity contribution in [3.05, 3.63) is 78.1 Å². The molecule has 6 heteroatoms. The van der Waals surface area contributed by atoms with Crippen LogP contribution < -0.4 is 5.32 Å². The molecule has 1 aliphatic heterocycles. The van der Waals surface area contributed by atoms with E-state index >= 15 is 0 Å². The van der Waals surface area contributed by atoms with Crippen LogP contribution in [-0.4, -0.2) is 40.0 Å². The Hall–Kier alpha value is -3.54. The Morgan fingerprint density at radius 2 is 1.73 bits per heavy atom. The minimum absolute atomic E-state index is 0.0102. The average molecular weight is 400 g/mol. The monoisotopic (exact) mass is 400 g/mol. The molecule has 0 aliphatic carbocycles. The van der Waals surface area contributed by atoms with Crippen molar-refractivity contribution in [3.63, 3.8) is 0 Å². The van der Waals surface area contributed by atoms with E-state index in [0.29, 0.717) is 31.5 Å². The quantitative estimate of drug-likeness (QED) is 0.720. The molecule has 1 N–H and O–H groups in total. The number of aromatic nitrogens is 2. The van der Waals surface area contributed by atoms with E-state index in [1.54, 1.807) is 11.0 Å². The van der Waals surface area contributed by atoms with Crippen molar-refractivity contribution in [2.45, 2.75) is 19.8 Å². The van der Waals surface area contributed by atoms with Crippen LogP contribution in [0.5, 0.6) is 0 Å². The second-order valence-corrected chi connectivity index (χ2v) is 7.63. The van der Waals surface area contributed by atoms with E-state index in [4.69, 9.17) is 0 Å². The van der Waals surface area contributed by atoms with Crippen LogP contribution in [0.2, 0.25) is 0 Å². The van der Waals surface area contributed by atoms with Crippen LogP contribution in [0.4, 0.5) is 5.69 Å². The Morgan fingerprint density at radius 3 is 2.40 bits per heavy atom. The molecule has 0 saturated carbocycles. The van der Waals surface area contributed by atoms with Gasteiger partial charge in [0.1, 0.15) is 0 Å². The van der Waals surface area contributed by atoms with Crippen molar-refractivity contribution >= 4 is 17.5 Å². The largest absolute Gasteiger partial charge is 0.339 e. The van der Waals surface area contributed by atoms with E-state index in [9.17, 15) is 9.59 Å². The molecular weight excluding hydrogens is 376 g/mol. The van der Waals surface area contributed by atoms with Gasteiger partial charge in [0.15, 0.2) is 0 Å². The van der Waals surface area contributed by atoms with Gasteiger partial charge in [0, 0.05) is 24.7 Å². The molecule has 2 amide bonds. The van der Waals surface area contributed by atoms with Crippen molar-refractivity contribution < 1.29 is 9.59 Å². The number of benzene rings is 2. The molecule has 4 rings (SSSR count). The van der Waals surface area contributed by atoms with E-state index in [2.05, 4.69) is 40.6 Å². The highest BCUT2D eigenvalue weighted by Gasteiger charge is 2.28. The summed E-state index contributed by atoms with van der Waals surface area (Å²) in [7, 11) is 0. The molecule has 6 nitrogen and oxygen atoms in total. The number of piperidine rings is 1. The van der Waals surface area contributed by atoms with Gasteiger partial charge in [-0.3, -0.25) is 9.59 Å². The molecule has 1 saturated heterocycles. The summed E-state index contributed by atoms with van der Waals surface area (Å²) in [6, 6.07) is 17.9. The number of amides is 2. The molecule has 152 valence electrons. The molecule has 3 aromatic rings. The van der Waals surface area contributed by atoms with Crippen LogP contribution in [-0.2, 0) is 4.79 Å². The normalized spacial score (nSPS) is 14.4. The highest BCUT2D eigenvalue weighted by Crippen LogP contribution is 2.24. The van der Waals surface area contributed by atoms with Gasteiger partial charge in [0.05, 0.1) is 18.0 Å². The lowest BCUT2D eigenvalue weighted by Gasteiger charge is -2.31. The molecule has 30 heavy (non-hydrogen) atoms. The van der Waals surface area contributed by atoms with Crippen molar-refractivity contribution in [2.24, 2.45) is 5.92 Å². The standard InChI is InChI=1S/C24H24N4O2/c1-17-3-2-4-20(15-17)18-5-7-22(8-6-18)27-23(29)19-10-13-28(14-11-19)24(30)21-9-12-25-26-16-21/h2-9,12,15-16,19H,10-11,13-14H2,1H3,(H,27,29). The van der Waals surface area contributed by atoms with Crippen LogP contribution >= 0.6 is 0 Å². The maximum atomic E-state index is 12.7. The number of hydrogen-bond acceptors (Lipinski definition) is 4. The van der Waals surface area contributed by atoms with Crippen LogP contribution in [0.1, 0.15) is 28.8 Å². The van der Waals surface area contributed by atoms with Crippen molar-refractivity contribution in [2.75, 3.05) is 18.4 Å². The van der Waals surface area contributed by atoms with Gasteiger partial charge in [-0.2, -0.15) is 10.2 Å². The number of anilines is 1. The number of nitrogens with zero attached hydrogens (tertiary/aromatic N) is 3. The summed E-state index contributed by atoms with van der Waals surface area (Å²) in [5.41, 5.74) is 4.82.